The van der Waals surface area contributed by atoms with Crippen LogP contribution in [0.2, 0.25) is 0 Å². The maximum absolute atomic E-state index is 11.7. The quantitative estimate of drug-likeness (QED) is 0.706. The summed E-state index contributed by atoms with van der Waals surface area (Å²) in [5, 5.41) is 2.56. The first-order valence-electron chi connectivity index (χ1n) is 5.30. The van der Waals surface area contributed by atoms with Gasteiger partial charge in [-0.25, -0.2) is 9.97 Å². The average Bonchev–Trinajstić information content (AvgIpc) is 2.74. The molecule has 1 atom stereocenters. The zero-order valence-corrected chi connectivity index (χ0v) is 9.64. The molecule has 0 unspecified atom stereocenters. The summed E-state index contributed by atoms with van der Waals surface area (Å²) in [6.07, 6.45) is 3.08. The Morgan fingerprint density at radius 3 is 2.94 bits per heavy atom. The number of nitrogens with two attached hydrogens (primary N) is 1. The van der Waals surface area contributed by atoms with Crippen molar-refractivity contribution >= 4 is 23.0 Å². The molecule has 0 saturated heterocycles. The van der Waals surface area contributed by atoms with Crippen LogP contribution in [0.4, 0.5) is 5.95 Å². The van der Waals surface area contributed by atoms with Crippen LogP contribution in [0.1, 0.15) is 13.8 Å². The number of amides is 1. The number of hydrogen-bond donors (Lipinski definition) is 3. The lowest BCUT2D eigenvalue weighted by Gasteiger charge is -2.14. The van der Waals surface area contributed by atoms with Crippen LogP contribution in [0.5, 0.6) is 0 Å². The SMILES string of the molecule is CC(C)[C@H](N)C(=O)Nc1ncc2[nH]cnc2n1. The predicted molar refractivity (Wildman–Crippen MR) is 63.1 cm³/mol. The summed E-state index contributed by atoms with van der Waals surface area (Å²) >= 11 is 0. The predicted octanol–water partition coefficient (Wildman–Crippen LogP) is 0.275. The van der Waals surface area contributed by atoms with Crippen LogP contribution >= 0.6 is 0 Å². The Morgan fingerprint density at radius 2 is 2.24 bits per heavy atom. The smallest absolute Gasteiger partial charge is 0.243 e. The minimum absolute atomic E-state index is 0.0594. The van der Waals surface area contributed by atoms with Crippen LogP contribution in [0.25, 0.3) is 11.2 Å². The second-order valence-electron chi connectivity index (χ2n) is 4.09. The van der Waals surface area contributed by atoms with E-state index >= 15 is 0 Å². The Bertz CT molecular complexity index is 534. The fourth-order valence-electron chi connectivity index (χ4n) is 1.29. The second-order valence-corrected chi connectivity index (χ2v) is 4.09. The maximum atomic E-state index is 11.7. The molecule has 0 saturated carbocycles. The van der Waals surface area contributed by atoms with E-state index in [1.807, 2.05) is 13.8 Å². The Morgan fingerprint density at radius 1 is 1.47 bits per heavy atom. The molecule has 0 aliphatic heterocycles. The number of imidazole rings is 1. The highest BCUT2D eigenvalue weighted by molar-refractivity contribution is 5.93. The molecular weight excluding hydrogens is 220 g/mol. The lowest BCUT2D eigenvalue weighted by molar-refractivity contribution is -0.118. The van der Waals surface area contributed by atoms with Gasteiger partial charge in [0, 0.05) is 0 Å². The fraction of sp³-hybridized carbons (Fsp3) is 0.400. The van der Waals surface area contributed by atoms with Gasteiger partial charge in [0.1, 0.15) is 5.52 Å². The first-order valence-corrected chi connectivity index (χ1v) is 5.30. The maximum Gasteiger partial charge on any atom is 0.243 e. The number of carbonyl (C=O) groups excluding carboxylic acids is 1. The molecule has 0 aliphatic carbocycles. The van der Waals surface area contributed by atoms with E-state index in [0.717, 1.165) is 5.52 Å². The third kappa shape index (κ3) is 2.39. The Labute approximate surface area is 97.9 Å². The third-order valence-electron chi connectivity index (χ3n) is 2.43. The van der Waals surface area contributed by atoms with Crippen molar-refractivity contribution < 1.29 is 4.79 Å². The molecule has 0 bridgehead atoms. The lowest BCUT2D eigenvalue weighted by atomic mass is 10.1. The number of rotatable bonds is 3. The summed E-state index contributed by atoms with van der Waals surface area (Å²) < 4.78 is 0. The number of hydrogen-bond acceptors (Lipinski definition) is 5. The molecule has 0 aliphatic rings. The Hall–Kier alpha value is -2.02. The monoisotopic (exact) mass is 234 g/mol. The highest BCUT2D eigenvalue weighted by Gasteiger charge is 2.18. The molecule has 7 nitrogen and oxygen atoms in total. The molecular formula is C10H14N6O. The van der Waals surface area contributed by atoms with Crippen LogP contribution in [0.15, 0.2) is 12.5 Å². The summed E-state index contributed by atoms with van der Waals surface area (Å²) in [7, 11) is 0. The van der Waals surface area contributed by atoms with E-state index in [-0.39, 0.29) is 17.8 Å². The first kappa shape index (κ1) is 11.5. The molecule has 2 rings (SSSR count). The number of H-pyrrole nitrogens is 1. The third-order valence-corrected chi connectivity index (χ3v) is 2.43. The normalized spacial score (nSPS) is 12.9. The van der Waals surface area contributed by atoms with E-state index < -0.39 is 6.04 Å². The molecule has 2 aromatic heterocycles. The van der Waals surface area contributed by atoms with Gasteiger partial charge in [0.25, 0.3) is 0 Å². The van der Waals surface area contributed by atoms with Crippen molar-refractivity contribution in [1.82, 2.24) is 19.9 Å². The molecule has 0 radical (unpaired) electrons. The van der Waals surface area contributed by atoms with Gasteiger partial charge in [0.05, 0.1) is 18.6 Å². The van der Waals surface area contributed by atoms with Gasteiger partial charge >= 0.3 is 0 Å². The van der Waals surface area contributed by atoms with Gasteiger partial charge < -0.3 is 10.7 Å². The molecule has 7 heteroatoms. The average molecular weight is 234 g/mol. The zero-order valence-electron chi connectivity index (χ0n) is 9.64. The Balaban J connectivity index is 2.15. The summed E-state index contributed by atoms with van der Waals surface area (Å²) in [6, 6.07) is -0.575. The summed E-state index contributed by atoms with van der Waals surface area (Å²) in [4.78, 5) is 26.6. The number of aromatic amines is 1. The van der Waals surface area contributed by atoms with Gasteiger partial charge in [-0.15, -0.1) is 0 Å². The molecule has 90 valence electrons. The molecule has 2 aromatic rings. The van der Waals surface area contributed by atoms with Gasteiger partial charge in [-0.3, -0.25) is 10.1 Å². The fourth-order valence-corrected chi connectivity index (χ4v) is 1.29. The molecule has 2 heterocycles. The number of carbonyl (C=O) groups is 1. The number of anilines is 1. The molecule has 0 aromatic carbocycles. The summed E-state index contributed by atoms with van der Waals surface area (Å²) in [5.74, 6) is -0.0234. The van der Waals surface area contributed by atoms with Crippen LogP contribution in [0, 0.1) is 5.92 Å². The number of aromatic nitrogens is 4. The molecule has 0 fully saturated rings. The van der Waals surface area contributed by atoms with Crippen molar-refractivity contribution in [3.63, 3.8) is 0 Å². The van der Waals surface area contributed by atoms with E-state index in [9.17, 15) is 4.79 Å². The van der Waals surface area contributed by atoms with Gasteiger partial charge in [0.15, 0.2) is 5.65 Å². The van der Waals surface area contributed by atoms with E-state index in [4.69, 9.17) is 5.73 Å². The van der Waals surface area contributed by atoms with Crippen molar-refractivity contribution in [3.05, 3.63) is 12.5 Å². The van der Waals surface area contributed by atoms with Crippen LogP contribution in [-0.2, 0) is 4.79 Å². The molecule has 0 spiro atoms. The van der Waals surface area contributed by atoms with E-state index in [0.29, 0.717) is 5.65 Å². The van der Waals surface area contributed by atoms with Crippen molar-refractivity contribution in [2.45, 2.75) is 19.9 Å². The van der Waals surface area contributed by atoms with Crippen LogP contribution in [-0.4, -0.2) is 31.9 Å². The van der Waals surface area contributed by atoms with E-state index in [2.05, 4.69) is 25.3 Å². The number of fused-ring (bicyclic) bond motifs is 1. The zero-order chi connectivity index (χ0) is 12.4. The van der Waals surface area contributed by atoms with Crippen LogP contribution in [0.3, 0.4) is 0 Å². The summed E-state index contributed by atoms with van der Waals surface area (Å²) in [6.45, 7) is 3.75. The van der Waals surface area contributed by atoms with E-state index in [1.54, 1.807) is 6.20 Å². The number of nitrogens with zero attached hydrogens (tertiary/aromatic N) is 3. The number of nitrogens with one attached hydrogen (secondary N) is 2. The van der Waals surface area contributed by atoms with Crippen LogP contribution < -0.4 is 11.1 Å². The van der Waals surface area contributed by atoms with E-state index in [1.165, 1.54) is 6.33 Å². The Kier molecular flexibility index (Phi) is 3.01. The minimum atomic E-state index is -0.575. The van der Waals surface area contributed by atoms with Crippen molar-refractivity contribution in [3.8, 4) is 0 Å². The van der Waals surface area contributed by atoms with Gasteiger partial charge in [-0.1, -0.05) is 13.8 Å². The van der Waals surface area contributed by atoms with Gasteiger partial charge in [0.2, 0.25) is 11.9 Å². The molecule has 17 heavy (non-hydrogen) atoms. The second kappa shape index (κ2) is 4.46. The highest BCUT2D eigenvalue weighted by Crippen LogP contribution is 2.08. The molecule has 4 N–H and O–H groups in total. The summed E-state index contributed by atoms with van der Waals surface area (Å²) in [5.41, 5.74) is 6.94. The largest absolute Gasteiger partial charge is 0.342 e. The topological polar surface area (TPSA) is 110 Å². The lowest BCUT2D eigenvalue weighted by Crippen LogP contribution is -2.40. The standard InChI is InChI=1S/C10H14N6O/c1-5(2)7(11)9(17)16-10-12-3-6-8(15-10)14-4-13-6/h3-5,7H,11H2,1-2H3,(H2,12,13,14,15,16,17)/t7-/m0/s1. The van der Waals surface area contributed by atoms with Crippen molar-refractivity contribution in [2.75, 3.05) is 5.32 Å². The van der Waals surface area contributed by atoms with Gasteiger partial charge in [-0.05, 0) is 5.92 Å². The van der Waals surface area contributed by atoms with Crippen molar-refractivity contribution in [2.24, 2.45) is 11.7 Å². The molecule has 1 amide bonds. The van der Waals surface area contributed by atoms with Gasteiger partial charge in [-0.2, -0.15) is 4.98 Å². The first-order chi connectivity index (χ1) is 8.08. The van der Waals surface area contributed by atoms with Crippen molar-refractivity contribution in [1.29, 1.82) is 0 Å². The highest BCUT2D eigenvalue weighted by atomic mass is 16.2. The minimum Gasteiger partial charge on any atom is -0.342 e.